The van der Waals surface area contributed by atoms with Crippen LogP contribution in [0.5, 0.6) is 0 Å². The predicted molar refractivity (Wildman–Crippen MR) is 105 cm³/mol. The lowest BCUT2D eigenvalue weighted by atomic mass is 9.86. The maximum atomic E-state index is 12.9. The van der Waals surface area contributed by atoms with Gasteiger partial charge in [-0.15, -0.1) is 0 Å². The van der Waals surface area contributed by atoms with E-state index >= 15 is 0 Å². The minimum atomic E-state index is -0.295. The highest BCUT2D eigenvalue weighted by Gasteiger charge is 2.16. The van der Waals surface area contributed by atoms with Gasteiger partial charge in [0.25, 0.3) is 5.91 Å². The molecule has 27 heavy (non-hydrogen) atoms. The van der Waals surface area contributed by atoms with Gasteiger partial charge in [0.1, 0.15) is 5.82 Å². The molecular formula is C22H24FN3O. The van der Waals surface area contributed by atoms with Crippen molar-refractivity contribution < 1.29 is 9.18 Å². The van der Waals surface area contributed by atoms with Crippen LogP contribution in [-0.4, -0.2) is 15.7 Å². The van der Waals surface area contributed by atoms with Crippen molar-refractivity contribution in [3.63, 3.8) is 0 Å². The van der Waals surface area contributed by atoms with Gasteiger partial charge >= 0.3 is 0 Å². The highest BCUT2D eigenvalue weighted by Crippen LogP contribution is 2.26. The van der Waals surface area contributed by atoms with E-state index in [0.29, 0.717) is 12.2 Å². The Kier molecular flexibility index (Phi) is 5.13. The van der Waals surface area contributed by atoms with Crippen molar-refractivity contribution in [2.45, 2.75) is 32.7 Å². The van der Waals surface area contributed by atoms with Gasteiger partial charge in [-0.05, 0) is 40.3 Å². The van der Waals surface area contributed by atoms with Gasteiger partial charge < -0.3 is 5.32 Å². The van der Waals surface area contributed by atoms with Crippen LogP contribution in [0.3, 0.4) is 0 Å². The standard InChI is InChI=1S/C22H24FN3O/c1-22(2,3)17-9-7-16(8-10-17)20-13-19(25-26(20)4)21(27)24-14-15-5-11-18(23)12-6-15/h5-13H,14H2,1-4H3,(H,24,27). The van der Waals surface area contributed by atoms with E-state index in [1.165, 1.54) is 17.7 Å². The first kappa shape index (κ1) is 18.8. The molecule has 3 rings (SSSR count). The van der Waals surface area contributed by atoms with Gasteiger partial charge in [-0.3, -0.25) is 9.48 Å². The molecule has 0 unspecified atom stereocenters. The molecule has 0 saturated carbocycles. The van der Waals surface area contributed by atoms with Gasteiger partial charge in [-0.1, -0.05) is 57.2 Å². The maximum Gasteiger partial charge on any atom is 0.272 e. The number of aromatic nitrogens is 2. The molecule has 0 radical (unpaired) electrons. The highest BCUT2D eigenvalue weighted by atomic mass is 19.1. The molecule has 1 N–H and O–H groups in total. The van der Waals surface area contributed by atoms with Gasteiger partial charge in [0.05, 0.1) is 5.69 Å². The summed E-state index contributed by atoms with van der Waals surface area (Å²) in [5, 5.41) is 7.15. The number of carbonyl (C=O) groups is 1. The number of hydrogen-bond donors (Lipinski definition) is 1. The Labute approximate surface area is 159 Å². The first-order valence-electron chi connectivity index (χ1n) is 8.91. The largest absolute Gasteiger partial charge is 0.347 e. The highest BCUT2D eigenvalue weighted by molar-refractivity contribution is 5.93. The van der Waals surface area contributed by atoms with E-state index < -0.39 is 0 Å². The summed E-state index contributed by atoms with van der Waals surface area (Å²) in [5.41, 5.74) is 4.42. The molecule has 0 saturated heterocycles. The van der Waals surface area contributed by atoms with Crippen molar-refractivity contribution in [1.82, 2.24) is 15.1 Å². The number of amides is 1. The molecule has 140 valence electrons. The smallest absolute Gasteiger partial charge is 0.272 e. The third-order valence-corrected chi connectivity index (χ3v) is 4.53. The number of hydrogen-bond acceptors (Lipinski definition) is 2. The van der Waals surface area contributed by atoms with Crippen LogP contribution in [0, 0.1) is 5.82 Å². The lowest BCUT2D eigenvalue weighted by Gasteiger charge is -2.19. The number of aryl methyl sites for hydroxylation is 1. The van der Waals surface area contributed by atoms with E-state index in [1.54, 1.807) is 22.9 Å². The normalized spacial score (nSPS) is 11.4. The summed E-state index contributed by atoms with van der Waals surface area (Å²) >= 11 is 0. The van der Waals surface area contributed by atoms with Crippen molar-refractivity contribution in [3.8, 4) is 11.3 Å². The summed E-state index contributed by atoms with van der Waals surface area (Å²) in [6, 6.07) is 16.2. The van der Waals surface area contributed by atoms with Gasteiger partial charge in [0.15, 0.2) is 5.69 Å². The summed E-state index contributed by atoms with van der Waals surface area (Å²) in [7, 11) is 1.82. The number of benzene rings is 2. The zero-order valence-corrected chi connectivity index (χ0v) is 16.1. The lowest BCUT2D eigenvalue weighted by molar-refractivity contribution is 0.0945. The molecule has 0 fully saturated rings. The molecule has 0 bridgehead atoms. The van der Waals surface area contributed by atoms with E-state index in [4.69, 9.17) is 0 Å². The Morgan fingerprint density at radius 1 is 1.07 bits per heavy atom. The molecular weight excluding hydrogens is 341 g/mol. The van der Waals surface area contributed by atoms with Gasteiger partial charge in [-0.25, -0.2) is 4.39 Å². The monoisotopic (exact) mass is 365 g/mol. The van der Waals surface area contributed by atoms with Crippen molar-refractivity contribution in [1.29, 1.82) is 0 Å². The van der Waals surface area contributed by atoms with Crippen LogP contribution < -0.4 is 5.32 Å². The second-order valence-corrected chi connectivity index (χ2v) is 7.67. The Balaban J connectivity index is 1.73. The minimum absolute atomic E-state index is 0.0936. The minimum Gasteiger partial charge on any atom is -0.347 e. The summed E-state index contributed by atoms with van der Waals surface area (Å²) in [6.07, 6.45) is 0. The van der Waals surface area contributed by atoms with E-state index in [9.17, 15) is 9.18 Å². The summed E-state index contributed by atoms with van der Waals surface area (Å²) in [5.74, 6) is -0.551. The Morgan fingerprint density at radius 2 is 1.70 bits per heavy atom. The van der Waals surface area contributed by atoms with Crippen LogP contribution in [0.25, 0.3) is 11.3 Å². The molecule has 2 aromatic carbocycles. The fraction of sp³-hybridized carbons (Fsp3) is 0.273. The van der Waals surface area contributed by atoms with Crippen molar-refractivity contribution in [3.05, 3.63) is 77.2 Å². The second-order valence-electron chi connectivity index (χ2n) is 7.67. The van der Waals surface area contributed by atoms with E-state index in [2.05, 4.69) is 55.5 Å². The van der Waals surface area contributed by atoms with Gasteiger partial charge in [0, 0.05) is 13.6 Å². The first-order valence-corrected chi connectivity index (χ1v) is 8.91. The maximum absolute atomic E-state index is 12.9. The van der Waals surface area contributed by atoms with Gasteiger partial charge in [0.2, 0.25) is 0 Å². The van der Waals surface area contributed by atoms with Crippen molar-refractivity contribution in [2.24, 2.45) is 7.05 Å². The van der Waals surface area contributed by atoms with E-state index in [1.807, 2.05) is 7.05 Å². The first-order chi connectivity index (χ1) is 12.7. The fourth-order valence-electron chi connectivity index (χ4n) is 2.86. The number of halogens is 1. The average molecular weight is 365 g/mol. The molecule has 0 aliphatic rings. The number of rotatable bonds is 4. The third kappa shape index (κ3) is 4.42. The van der Waals surface area contributed by atoms with Crippen LogP contribution in [0.4, 0.5) is 4.39 Å². The summed E-state index contributed by atoms with van der Waals surface area (Å²) in [4.78, 5) is 12.4. The lowest BCUT2D eigenvalue weighted by Crippen LogP contribution is -2.23. The summed E-state index contributed by atoms with van der Waals surface area (Å²) in [6.45, 7) is 6.85. The zero-order valence-electron chi connectivity index (χ0n) is 16.1. The van der Waals surface area contributed by atoms with Crippen molar-refractivity contribution in [2.75, 3.05) is 0 Å². The number of nitrogens with one attached hydrogen (secondary N) is 1. The molecule has 1 heterocycles. The predicted octanol–water partition coefficient (Wildman–Crippen LogP) is 4.45. The Hall–Kier alpha value is -2.95. The third-order valence-electron chi connectivity index (χ3n) is 4.53. The Bertz CT molecular complexity index is 935. The molecule has 4 nitrogen and oxygen atoms in total. The molecule has 0 aliphatic heterocycles. The average Bonchev–Trinajstić information content (AvgIpc) is 3.02. The SMILES string of the molecule is Cn1nc(C(=O)NCc2ccc(F)cc2)cc1-c1ccc(C(C)(C)C)cc1. The molecule has 0 atom stereocenters. The van der Waals surface area contributed by atoms with Crippen LogP contribution >= 0.6 is 0 Å². The molecule has 1 aromatic heterocycles. The van der Waals surface area contributed by atoms with Crippen LogP contribution in [0.15, 0.2) is 54.6 Å². The van der Waals surface area contributed by atoms with Crippen LogP contribution in [0.2, 0.25) is 0 Å². The van der Waals surface area contributed by atoms with E-state index in [-0.39, 0.29) is 17.1 Å². The van der Waals surface area contributed by atoms with Crippen LogP contribution in [0.1, 0.15) is 42.4 Å². The molecule has 3 aromatic rings. The zero-order chi connectivity index (χ0) is 19.6. The molecule has 5 heteroatoms. The quantitative estimate of drug-likeness (QED) is 0.742. The molecule has 1 amide bonds. The molecule has 0 aliphatic carbocycles. The molecule has 0 spiro atoms. The van der Waals surface area contributed by atoms with Gasteiger partial charge in [-0.2, -0.15) is 5.10 Å². The number of nitrogens with zero attached hydrogens (tertiary/aromatic N) is 2. The topological polar surface area (TPSA) is 46.9 Å². The van der Waals surface area contributed by atoms with Crippen molar-refractivity contribution >= 4 is 5.91 Å². The Morgan fingerprint density at radius 3 is 2.30 bits per heavy atom. The summed E-state index contributed by atoms with van der Waals surface area (Å²) < 4.78 is 14.7. The van der Waals surface area contributed by atoms with E-state index in [0.717, 1.165) is 16.8 Å². The fourth-order valence-corrected chi connectivity index (χ4v) is 2.86. The van der Waals surface area contributed by atoms with Crippen LogP contribution in [-0.2, 0) is 19.0 Å². The second kappa shape index (κ2) is 7.35. The number of carbonyl (C=O) groups excluding carboxylic acids is 1.